The van der Waals surface area contributed by atoms with Crippen LogP contribution in [0.15, 0.2) is 211 Å². The number of nitrogens with zero attached hydrogens (tertiary/aromatic N) is 4. The second kappa shape index (κ2) is 16.9. The molecule has 0 aliphatic carbocycles. The zero-order valence-electron chi connectivity index (χ0n) is 37.3. The Morgan fingerprint density at radius 1 is 0.333 bits per heavy atom. The van der Waals surface area contributed by atoms with Gasteiger partial charge in [-0.25, -0.2) is 15.0 Å². The summed E-state index contributed by atoms with van der Waals surface area (Å²) in [6.07, 6.45) is 0. The number of fused-ring (bicyclic) bond motifs is 6. The molecule has 0 spiro atoms. The Morgan fingerprint density at radius 3 is 1.56 bits per heavy atom. The predicted octanol–water partition coefficient (Wildman–Crippen LogP) is 17.0. The highest BCUT2D eigenvalue weighted by Gasteiger charge is 2.24. The predicted molar refractivity (Wildman–Crippen MR) is 278 cm³/mol. The van der Waals surface area contributed by atoms with Gasteiger partial charge in [-0.15, -0.1) is 0 Å². The van der Waals surface area contributed by atoms with Crippen LogP contribution in [0, 0.1) is 0 Å². The van der Waals surface area contributed by atoms with Gasteiger partial charge in [-0.05, 0) is 80.9 Å². The van der Waals surface area contributed by atoms with E-state index in [4.69, 9.17) is 19.4 Å². The fraction of sp³-hybridized carbons (Fsp3) is 0.0656. The van der Waals surface area contributed by atoms with Crippen LogP contribution in [-0.2, 0) is 0 Å². The van der Waals surface area contributed by atoms with Crippen LogP contribution in [0.3, 0.4) is 0 Å². The van der Waals surface area contributed by atoms with Crippen molar-refractivity contribution in [2.45, 2.75) is 27.7 Å². The van der Waals surface area contributed by atoms with Gasteiger partial charge in [0.25, 0.3) is 0 Å². The van der Waals surface area contributed by atoms with E-state index in [2.05, 4.69) is 162 Å². The molecule has 0 aliphatic rings. The molecule has 66 heavy (non-hydrogen) atoms. The molecule has 0 saturated heterocycles. The molecule has 316 valence electrons. The van der Waals surface area contributed by atoms with Crippen molar-refractivity contribution in [3.63, 3.8) is 0 Å². The first kappa shape index (κ1) is 40.4. The Balaban J connectivity index is 0.00000117. The minimum Gasteiger partial charge on any atom is -0.455 e. The van der Waals surface area contributed by atoms with Gasteiger partial charge in [0.2, 0.25) is 0 Å². The van der Waals surface area contributed by atoms with Crippen LogP contribution in [0.5, 0.6) is 0 Å². The highest BCUT2D eigenvalue weighted by atomic mass is 16.3. The summed E-state index contributed by atoms with van der Waals surface area (Å²) >= 11 is 0. The molecule has 0 atom stereocenters. The fourth-order valence-corrected chi connectivity index (χ4v) is 9.62. The lowest BCUT2D eigenvalue weighted by atomic mass is 9.88. The number of benzene rings is 10. The van der Waals surface area contributed by atoms with Gasteiger partial charge in [0.1, 0.15) is 11.2 Å². The topological polar surface area (TPSA) is 56.7 Å². The van der Waals surface area contributed by atoms with Crippen molar-refractivity contribution in [2.75, 3.05) is 0 Å². The molecular formula is C61H46N4O. The number of hydrogen-bond acceptors (Lipinski definition) is 4. The van der Waals surface area contributed by atoms with Crippen LogP contribution in [0.25, 0.3) is 127 Å². The van der Waals surface area contributed by atoms with Crippen LogP contribution in [0.1, 0.15) is 27.7 Å². The van der Waals surface area contributed by atoms with Gasteiger partial charge in [0.15, 0.2) is 17.5 Å². The van der Waals surface area contributed by atoms with Crippen molar-refractivity contribution in [1.82, 2.24) is 19.5 Å². The Hall–Kier alpha value is -8.41. The van der Waals surface area contributed by atoms with Crippen LogP contribution < -0.4 is 0 Å². The van der Waals surface area contributed by atoms with Crippen molar-refractivity contribution in [2.24, 2.45) is 0 Å². The second-order valence-corrected chi connectivity index (χ2v) is 15.9. The van der Waals surface area contributed by atoms with Gasteiger partial charge in [0, 0.05) is 43.7 Å². The summed E-state index contributed by atoms with van der Waals surface area (Å²) in [5, 5.41) is 9.48. The lowest BCUT2D eigenvalue weighted by Crippen LogP contribution is -2.00. The number of furan rings is 1. The monoisotopic (exact) mass is 850 g/mol. The fourth-order valence-electron chi connectivity index (χ4n) is 9.62. The van der Waals surface area contributed by atoms with Gasteiger partial charge < -0.3 is 8.98 Å². The maximum Gasteiger partial charge on any atom is 0.167 e. The van der Waals surface area contributed by atoms with Crippen molar-refractivity contribution >= 4 is 65.3 Å². The molecule has 3 heterocycles. The molecule has 0 fully saturated rings. The van der Waals surface area contributed by atoms with E-state index < -0.39 is 0 Å². The smallest absolute Gasteiger partial charge is 0.167 e. The normalized spacial score (nSPS) is 11.3. The van der Waals surface area contributed by atoms with Gasteiger partial charge in [0.05, 0.1) is 16.6 Å². The third-order valence-electron chi connectivity index (χ3n) is 12.4. The number of aromatic nitrogens is 4. The maximum absolute atomic E-state index is 6.78. The maximum atomic E-state index is 6.78. The summed E-state index contributed by atoms with van der Waals surface area (Å²) in [4.78, 5) is 15.6. The van der Waals surface area contributed by atoms with Crippen molar-refractivity contribution < 1.29 is 4.42 Å². The van der Waals surface area contributed by atoms with E-state index in [0.29, 0.717) is 17.5 Å². The third kappa shape index (κ3) is 6.59. The standard InChI is InChI=1S/C57H34N4O.2C2H6/c1-4-15-35(16-5-1)36-27-29-38(30-28-36)56-58-55(37-17-6-2-7-18-37)59-57(60-56)47-34-39(33-46-43-22-12-13-26-50(43)62-54(46)47)41-31-32-49-53-51(41)44-23-11-10-21-42(44)45-24-14-25-48(52(45)53)61(49)40-19-8-3-9-20-40;2*1-2/h1-34H;2*1-2H3. The molecule has 0 radical (unpaired) electrons. The van der Waals surface area contributed by atoms with E-state index in [1.165, 1.54) is 43.4 Å². The van der Waals surface area contributed by atoms with Crippen molar-refractivity contribution in [3.8, 4) is 62.1 Å². The highest BCUT2D eigenvalue weighted by molar-refractivity contribution is 6.37. The first-order valence-electron chi connectivity index (χ1n) is 22.9. The van der Waals surface area contributed by atoms with Crippen LogP contribution >= 0.6 is 0 Å². The van der Waals surface area contributed by atoms with Gasteiger partial charge in [-0.2, -0.15) is 0 Å². The van der Waals surface area contributed by atoms with E-state index in [1.807, 2.05) is 76.2 Å². The van der Waals surface area contributed by atoms with Crippen molar-refractivity contribution in [1.29, 1.82) is 0 Å². The zero-order chi connectivity index (χ0) is 44.7. The van der Waals surface area contributed by atoms with Crippen molar-refractivity contribution in [3.05, 3.63) is 206 Å². The summed E-state index contributed by atoms with van der Waals surface area (Å²) in [6.45, 7) is 8.00. The first-order valence-corrected chi connectivity index (χ1v) is 22.9. The first-order chi connectivity index (χ1) is 32.7. The Labute approximate surface area is 383 Å². The molecule has 0 amide bonds. The molecule has 10 aromatic carbocycles. The van der Waals surface area contributed by atoms with E-state index in [1.54, 1.807) is 0 Å². The molecule has 0 unspecified atom stereocenters. The molecule has 0 bridgehead atoms. The van der Waals surface area contributed by atoms with Crippen LogP contribution in [0.4, 0.5) is 0 Å². The summed E-state index contributed by atoms with van der Waals surface area (Å²) in [6, 6.07) is 72.6. The van der Waals surface area contributed by atoms with Gasteiger partial charge in [-0.1, -0.05) is 191 Å². The van der Waals surface area contributed by atoms with Gasteiger partial charge >= 0.3 is 0 Å². The molecule has 3 aromatic heterocycles. The zero-order valence-corrected chi connectivity index (χ0v) is 37.3. The molecule has 0 saturated carbocycles. The Kier molecular flexibility index (Phi) is 10.4. The number of hydrogen-bond donors (Lipinski definition) is 0. The van der Waals surface area contributed by atoms with Crippen LogP contribution in [-0.4, -0.2) is 19.5 Å². The molecular weight excluding hydrogens is 805 g/mol. The highest BCUT2D eigenvalue weighted by Crippen LogP contribution is 2.48. The van der Waals surface area contributed by atoms with E-state index >= 15 is 0 Å². The summed E-state index contributed by atoms with van der Waals surface area (Å²) in [7, 11) is 0. The second-order valence-electron chi connectivity index (χ2n) is 15.9. The molecule has 13 aromatic rings. The number of rotatable bonds is 6. The van der Waals surface area contributed by atoms with Crippen LogP contribution in [0.2, 0.25) is 0 Å². The van der Waals surface area contributed by atoms with E-state index in [-0.39, 0.29) is 0 Å². The molecule has 0 aliphatic heterocycles. The molecule has 0 N–H and O–H groups in total. The lowest BCUT2D eigenvalue weighted by Gasteiger charge is -2.15. The molecule has 13 rings (SSSR count). The van der Waals surface area contributed by atoms with E-state index in [9.17, 15) is 0 Å². The lowest BCUT2D eigenvalue weighted by molar-refractivity contribution is 0.669. The average Bonchev–Trinajstić information content (AvgIpc) is 3.96. The summed E-state index contributed by atoms with van der Waals surface area (Å²) in [5.74, 6) is 1.74. The minimum atomic E-state index is 0.546. The third-order valence-corrected chi connectivity index (χ3v) is 12.4. The Morgan fingerprint density at radius 2 is 0.848 bits per heavy atom. The summed E-state index contributed by atoms with van der Waals surface area (Å²) < 4.78 is 9.20. The summed E-state index contributed by atoms with van der Waals surface area (Å²) in [5.41, 5.74) is 12.1. The average molecular weight is 851 g/mol. The molecule has 5 heteroatoms. The Bertz CT molecular complexity index is 3830. The quantitative estimate of drug-likeness (QED) is 0.156. The molecule has 5 nitrogen and oxygen atoms in total. The minimum absolute atomic E-state index is 0.546. The SMILES string of the molecule is CC.CC.c1ccc(-c2ccc(-c3nc(-c4ccccc4)nc(-c4cc(-c5ccc6c7c5c5ccccc5c5cccc(c57)n6-c5ccccc5)cc5c4oc4ccccc45)n3)cc2)cc1. The van der Waals surface area contributed by atoms with E-state index in [0.717, 1.165) is 66.6 Å². The number of para-hydroxylation sites is 2. The largest absolute Gasteiger partial charge is 0.455 e. The van der Waals surface area contributed by atoms with Gasteiger partial charge in [-0.3, -0.25) is 0 Å².